The summed E-state index contributed by atoms with van der Waals surface area (Å²) in [5.41, 5.74) is 0.687. The fourth-order valence-corrected chi connectivity index (χ4v) is 2.15. The number of hydrogen-bond donors (Lipinski definition) is 1. The van der Waals surface area contributed by atoms with Crippen molar-refractivity contribution in [2.75, 3.05) is 20.2 Å². The van der Waals surface area contributed by atoms with Crippen molar-refractivity contribution < 1.29 is 9.13 Å². The molecule has 1 saturated heterocycles. The molecule has 0 radical (unpaired) electrons. The lowest BCUT2D eigenvalue weighted by atomic mass is 9.93. The predicted octanol–water partition coefficient (Wildman–Crippen LogP) is 2.36. The largest absolute Gasteiger partial charge is 0.496 e. The molecule has 0 unspecified atom stereocenters. The van der Waals surface area contributed by atoms with Crippen molar-refractivity contribution in [3.8, 4) is 5.75 Å². The molecule has 1 N–H and O–H groups in total. The Morgan fingerprint density at radius 2 is 2.27 bits per heavy atom. The molecule has 2 rings (SSSR count). The van der Waals surface area contributed by atoms with Crippen molar-refractivity contribution in [2.45, 2.75) is 6.42 Å². The van der Waals surface area contributed by atoms with Crippen molar-refractivity contribution >= 4 is 15.9 Å². The summed E-state index contributed by atoms with van der Waals surface area (Å²) in [4.78, 5) is 0. The van der Waals surface area contributed by atoms with Crippen LogP contribution in [0.1, 0.15) is 5.56 Å². The Morgan fingerprint density at radius 3 is 2.80 bits per heavy atom. The highest BCUT2D eigenvalue weighted by Gasteiger charge is 2.21. The molecule has 4 heteroatoms. The van der Waals surface area contributed by atoms with E-state index in [9.17, 15) is 4.39 Å². The van der Waals surface area contributed by atoms with Crippen molar-refractivity contribution in [3.05, 3.63) is 28.0 Å². The lowest BCUT2D eigenvalue weighted by molar-refractivity contribution is 0.333. The van der Waals surface area contributed by atoms with Crippen LogP contribution < -0.4 is 10.1 Å². The van der Waals surface area contributed by atoms with Gasteiger partial charge in [0.15, 0.2) is 0 Å². The van der Waals surface area contributed by atoms with E-state index >= 15 is 0 Å². The Kier molecular flexibility index (Phi) is 3.26. The minimum absolute atomic E-state index is 0.187. The van der Waals surface area contributed by atoms with Crippen LogP contribution >= 0.6 is 15.9 Å². The van der Waals surface area contributed by atoms with E-state index in [4.69, 9.17) is 4.74 Å². The zero-order valence-electron chi connectivity index (χ0n) is 8.52. The molecule has 1 aromatic carbocycles. The van der Waals surface area contributed by atoms with E-state index in [1.165, 1.54) is 6.07 Å². The topological polar surface area (TPSA) is 21.3 Å². The molecule has 0 bridgehead atoms. The van der Waals surface area contributed by atoms with E-state index in [2.05, 4.69) is 21.2 Å². The number of rotatable bonds is 3. The number of methoxy groups -OCH3 is 1. The molecular weight excluding hydrogens is 261 g/mol. The lowest BCUT2D eigenvalue weighted by Gasteiger charge is -2.27. The molecule has 0 aromatic heterocycles. The molecule has 1 heterocycles. The van der Waals surface area contributed by atoms with E-state index in [1.807, 2.05) is 6.07 Å². The first-order valence-corrected chi connectivity index (χ1v) is 5.72. The SMILES string of the molecule is COc1cc(Br)cc(F)c1CC1CNC1. The first-order chi connectivity index (χ1) is 7.20. The van der Waals surface area contributed by atoms with Gasteiger partial charge in [0.1, 0.15) is 11.6 Å². The van der Waals surface area contributed by atoms with E-state index in [0.717, 1.165) is 19.5 Å². The monoisotopic (exact) mass is 273 g/mol. The summed E-state index contributed by atoms with van der Waals surface area (Å²) in [5, 5.41) is 3.18. The van der Waals surface area contributed by atoms with Gasteiger partial charge in [-0.3, -0.25) is 0 Å². The summed E-state index contributed by atoms with van der Waals surface area (Å²) < 4.78 is 19.6. The summed E-state index contributed by atoms with van der Waals surface area (Å²) in [7, 11) is 1.57. The van der Waals surface area contributed by atoms with Gasteiger partial charge in [0, 0.05) is 10.0 Å². The van der Waals surface area contributed by atoms with E-state index in [0.29, 0.717) is 21.7 Å². The highest BCUT2D eigenvalue weighted by atomic mass is 79.9. The number of halogens is 2. The van der Waals surface area contributed by atoms with Gasteiger partial charge >= 0.3 is 0 Å². The summed E-state index contributed by atoms with van der Waals surface area (Å²) in [6.07, 6.45) is 0.745. The fourth-order valence-electron chi connectivity index (χ4n) is 1.74. The van der Waals surface area contributed by atoms with Gasteiger partial charge in [0.2, 0.25) is 0 Å². The zero-order valence-corrected chi connectivity index (χ0v) is 10.1. The maximum absolute atomic E-state index is 13.7. The molecule has 0 amide bonds. The van der Waals surface area contributed by atoms with Gasteiger partial charge in [0.25, 0.3) is 0 Å². The van der Waals surface area contributed by atoms with Crippen LogP contribution in [0.15, 0.2) is 16.6 Å². The summed E-state index contributed by atoms with van der Waals surface area (Å²) in [6.45, 7) is 1.94. The normalized spacial score (nSPS) is 16.2. The fraction of sp³-hybridized carbons (Fsp3) is 0.455. The van der Waals surface area contributed by atoms with Crippen LogP contribution in [0.4, 0.5) is 4.39 Å². The Bertz CT molecular complexity index is 366. The highest BCUT2D eigenvalue weighted by Crippen LogP contribution is 2.29. The predicted molar refractivity (Wildman–Crippen MR) is 60.7 cm³/mol. The first-order valence-electron chi connectivity index (χ1n) is 4.93. The molecule has 0 spiro atoms. The molecule has 0 atom stereocenters. The van der Waals surface area contributed by atoms with Crippen molar-refractivity contribution in [1.29, 1.82) is 0 Å². The zero-order chi connectivity index (χ0) is 10.8. The molecule has 1 aliphatic heterocycles. The van der Waals surface area contributed by atoms with E-state index in [-0.39, 0.29) is 5.82 Å². The average Bonchev–Trinajstić information content (AvgIpc) is 2.12. The smallest absolute Gasteiger partial charge is 0.131 e. The number of hydrogen-bond acceptors (Lipinski definition) is 2. The second-order valence-corrected chi connectivity index (χ2v) is 4.71. The van der Waals surface area contributed by atoms with Gasteiger partial charge in [-0.15, -0.1) is 0 Å². The molecule has 0 saturated carbocycles. The number of nitrogens with one attached hydrogen (secondary N) is 1. The molecule has 1 aliphatic rings. The minimum Gasteiger partial charge on any atom is -0.496 e. The third-order valence-corrected chi connectivity index (χ3v) is 3.16. The quantitative estimate of drug-likeness (QED) is 0.913. The van der Waals surface area contributed by atoms with Crippen LogP contribution in [-0.4, -0.2) is 20.2 Å². The van der Waals surface area contributed by atoms with Gasteiger partial charge in [-0.05, 0) is 37.6 Å². The first kappa shape index (κ1) is 10.9. The van der Waals surface area contributed by atoms with Gasteiger partial charge in [-0.2, -0.15) is 0 Å². The molecule has 0 aliphatic carbocycles. The van der Waals surface area contributed by atoms with Crippen LogP contribution in [0.3, 0.4) is 0 Å². The molecular formula is C11H13BrFNO. The molecule has 1 fully saturated rings. The van der Waals surface area contributed by atoms with Gasteiger partial charge in [-0.1, -0.05) is 15.9 Å². The van der Waals surface area contributed by atoms with Crippen LogP contribution in [0, 0.1) is 11.7 Å². The second-order valence-electron chi connectivity index (χ2n) is 3.80. The number of benzene rings is 1. The van der Waals surface area contributed by atoms with Crippen molar-refractivity contribution in [3.63, 3.8) is 0 Å². The molecule has 1 aromatic rings. The third kappa shape index (κ3) is 2.32. The standard InChI is InChI=1S/C11H13BrFNO/c1-15-11-4-8(12)3-10(13)9(11)2-7-5-14-6-7/h3-4,7,14H,2,5-6H2,1H3. The second kappa shape index (κ2) is 4.49. The molecule has 2 nitrogen and oxygen atoms in total. The average molecular weight is 274 g/mol. The minimum atomic E-state index is -0.187. The Balaban J connectivity index is 2.26. The summed E-state index contributed by atoms with van der Waals surface area (Å²) in [6, 6.07) is 3.30. The Labute approximate surface area is 96.9 Å². The van der Waals surface area contributed by atoms with Crippen LogP contribution in [0.25, 0.3) is 0 Å². The molecule has 15 heavy (non-hydrogen) atoms. The van der Waals surface area contributed by atoms with Gasteiger partial charge in [-0.25, -0.2) is 4.39 Å². The van der Waals surface area contributed by atoms with Crippen molar-refractivity contribution in [2.24, 2.45) is 5.92 Å². The Morgan fingerprint density at radius 1 is 1.53 bits per heavy atom. The highest BCUT2D eigenvalue weighted by molar-refractivity contribution is 9.10. The lowest BCUT2D eigenvalue weighted by Crippen LogP contribution is -2.43. The maximum Gasteiger partial charge on any atom is 0.131 e. The molecule has 82 valence electrons. The van der Waals surface area contributed by atoms with E-state index < -0.39 is 0 Å². The van der Waals surface area contributed by atoms with Gasteiger partial charge in [0.05, 0.1) is 7.11 Å². The number of ether oxygens (including phenoxy) is 1. The van der Waals surface area contributed by atoms with Crippen LogP contribution in [0.2, 0.25) is 0 Å². The van der Waals surface area contributed by atoms with Gasteiger partial charge < -0.3 is 10.1 Å². The maximum atomic E-state index is 13.7. The third-order valence-electron chi connectivity index (χ3n) is 2.70. The Hall–Kier alpha value is -0.610. The van der Waals surface area contributed by atoms with E-state index in [1.54, 1.807) is 7.11 Å². The van der Waals surface area contributed by atoms with Crippen LogP contribution in [0.5, 0.6) is 5.75 Å². The summed E-state index contributed by atoms with van der Waals surface area (Å²) in [5.74, 6) is 0.983. The summed E-state index contributed by atoms with van der Waals surface area (Å²) >= 11 is 3.25. The van der Waals surface area contributed by atoms with Crippen molar-refractivity contribution in [1.82, 2.24) is 5.32 Å². The van der Waals surface area contributed by atoms with Crippen LogP contribution in [-0.2, 0) is 6.42 Å².